The minimum atomic E-state index is 0.115. The predicted octanol–water partition coefficient (Wildman–Crippen LogP) is 1.46. The third kappa shape index (κ3) is 3.99. The molecule has 0 saturated heterocycles. The summed E-state index contributed by atoms with van der Waals surface area (Å²) in [7, 11) is 0. The zero-order chi connectivity index (χ0) is 15.9. The molecule has 3 N–H and O–H groups in total. The number of aromatic amines is 1. The van der Waals surface area contributed by atoms with Crippen LogP contribution in [0.4, 0.5) is 0 Å². The molecule has 2 aromatic heterocycles. The highest BCUT2D eigenvalue weighted by Crippen LogP contribution is 2.19. The minimum Gasteiger partial charge on any atom is -0.396 e. The molecule has 2 heterocycles. The lowest BCUT2D eigenvalue weighted by Gasteiger charge is -2.17. The third-order valence-corrected chi connectivity index (χ3v) is 3.45. The van der Waals surface area contributed by atoms with Crippen molar-refractivity contribution in [2.75, 3.05) is 6.61 Å². The van der Waals surface area contributed by atoms with E-state index in [-0.39, 0.29) is 12.6 Å². The fourth-order valence-corrected chi connectivity index (χ4v) is 2.31. The lowest BCUT2D eigenvalue weighted by Crippen LogP contribution is -2.21. The molecule has 1 aromatic carbocycles. The van der Waals surface area contributed by atoms with Gasteiger partial charge in [0.05, 0.1) is 6.54 Å². The molecule has 3 rings (SSSR count). The highest BCUT2D eigenvalue weighted by Gasteiger charge is 2.14. The average molecular weight is 314 g/mol. The number of aromatic nitrogens is 5. The van der Waals surface area contributed by atoms with Gasteiger partial charge in [0.25, 0.3) is 0 Å². The van der Waals surface area contributed by atoms with Crippen LogP contribution in [0, 0.1) is 0 Å². The van der Waals surface area contributed by atoms with E-state index in [0.717, 1.165) is 18.4 Å². The molecule has 0 aliphatic heterocycles. The molecule has 0 aliphatic rings. The molecule has 0 saturated carbocycles. The molecule has 0 fully saturated rings. The monoisotopic (exact) mass is 314 g/mol. The lowest BCUT2D eigenvalue weighted by molar-refractivity contribution is 0.272. The smallest absolute Gasteiger partial charge is 0.241 e. The highest BCUT2D eigenvalue weighted by molar-refractivity contribution is 5.39. The number of nitrogens with one attached hydrogen (secondary N) is 2. The van der Waals surface area contributed by atoms with Crippen LogP contribution in [-0.4, -0.2) is 37.0 Å². The van der Waals surface area contributed by atoms with E-state index in [1.807, 2.05) is 18.2 Å². The van der Waals surface area contributed by atoms with Gasteiger partial charge >= 0.3 is 0 Å². The van der Waals surface area contributed by atoms with Crippen LogP contribution in [0.3, 0.4) is 0 Å². The first-order chi connectivity index (χ1) is 11.4. The lowest BCUT2D eigenvalue weighted by atomic mass is 10.0. The van der Waals surface area contributed by atoms with E-state index in [1.165, 1.54) is 6.33 Å². The number of hydrogen-bond donors (Lipinski definition) is 3. The maximum atomic E-state index is 9.07. The fourth-order valence-electron chi connectivity index (χ4n) is 2.31. The Morgan fingerprint density at radius 1 is 1.26 bits per heavy atom. The van der Waals surface area contributed by atoms with E-state index < -0.39 is 0 Å². The zero-order valence-electron chi connectivity index (χ0n) is 12.5. The number of rotatable bonds is 8. The van der Waals surface area contributed by atoms with E-state index in [1.54, 1.807) is 0 Å². The van der Waals surface area contributed by atoms with Crippen molar-refractivity contribution in [3.05, 3.63) is 48.1 Å². The molecule has 0 radical (unpaired) electrons. The maximum Gasteiger partial charge on any atom is 0.241 e. The van der Waals surface area contributed by atoms with Crippen molar-refractivity contribution in [3.63, 3.8) is 0 Å². The molecule has 0 spiro atoms. The first-order valence-corrected chi connectivity index (χ1v) is 7.44. The van der Waals surface area contributed by atoms with Crippen molar-refractivity contribution >= 4 is 0 Å². The summed E-state index contributed by atoms with van der Waals surface area (Å²) in [5.74, 6) is 1.33. The largest absolute Gasteiger partial charge is 0.396 e. The van der Waals surface area contributed by atoms with E-state index in [4.69, 9.17) is 9.63 Å². The number of nitrogens with zero attached hydrogens (tertiary/aromatic N) is 4. The molecule has 23 heavy (non-hydrogen) atoms. The van der Waals surface area contributed by atoms with Crippen LogP contribution < -0.4 is 5.32 Å². The number of H-pyrrole nitrogens is 1. The number of aliphatic hydroxyl groups excluding tert-OH is 1. The minimum absolute atomic E-state index is 0.115. The van der Waals surface area contributed by atoms with Gasteiger partial charge < -0.3 is 14.9 Å². The summed E-state index contributed by atoms with van der Waals surface area (Å²) in [4.78, 5) is 8.26. The first-order valence-electron chi connectivity index (χ1n) is 7.44. The SMILES string of the molecule is OCCCC(NCc1nc(-c2ncn[nH]2)no1)c1ccccc1. The van der Waals surface area contributed by atoms with E-state index >= 15 is 0 Å². The molecule has 3 aromatic rings. The van der Waals surface area contributed by atoms with Gasteiger partial charge in [-0.3, -0.25) is 5.10 Å². The molecule has 0 aliphatic carbocycles. The topological polar surface area (TPSA) is 113 Å². The van der Waals surface area contributed by atoms with E-state index in [9.17, 15) is 0 Å². The van der Waals surface area contributed by atoms with Crippen LogP contribution >= 0.6 is 0 Å². The van der Waals surface area contributed by atoms with Gasteiger partial charge in [0.1, 0.15) is 6.33 Å². The molecule has 8 heteroatoms. The first kappa shape index (κ1) is 15.3. The van der Waals surface area contributed by atoms with Gasteiger partial charge in [-0.15, -0.1) is 0 Å². The number of hydrogen-bond acceptors (Lipinski definition) is 7. The molecule has 1 atom stereocenters. The van der Waals surface area contributed by atoms with Crippen molar-refractivity contribution in [2.45, 2.75) is 25.4 Å². The Hall–Kier alpha value is -2.58. The molecular weight excluding hydrogens is 296 g/mol. The summed E-state index contributed by atoms with van der Waals surface area (Å²) >= 11 is 0. The number of benzene rings is 1. The Bertz CT molecular complexity index is 698. The zero-order valence-corrected chi connectivity index (χ0v) is 12.5. The summed E-state index contributed by atoms with van der Waals surface area (Å²) in [6.45, 7) is 0.605. The molecule has 8 nitrogen and oxygen atoms in total. The highest BCUT2D eigenvalue weighted by atomic mass is 16.5. The quantitative estimate of drug-likeness (QED) is 0.577. The Kier molecular flexibility index (Phi) is 5.07. The second kappa shape index (κ2) is 7.61. The van der Waals surface area contributed by atoms with Gasteiger partial charge in [0.2, 0.25) is 11.7 Å². The summed E-state index contributed by atoms with van der Waals surface area (Å²) in [5.41, 5.74) is 1.16. The van der Waals surface area contributed by atoms with Crippen LogP contribution in [0.15, 0.2) is 41.2 Å². The van der Waals surface area contributed by atoms with Crippen molar-refractivity contribution in [2.24, 2.45) is 0 Å². The molecule has 0 amide bonds. The third-order valence-electron chi connectivity index (χ3n) is 3.45. The van der Waals surface area contributed by atoms with Crippen LogP contribution in [0.1, 0.15) is 30.3 Å². The standard InChI is InChI=1S/C15H18N6O2/c22-8-4-7-12(11-5-2-1-3-6-11)16-9-13-19-15(21-23-13)14-17-10-18-20-14/h1-3,5-6,10,12,16,22H,4,7-9H2,(H,17,18,20). The van der Waals surface area contributed by atoms with Crippen molar-refractivity contribution in [1.82, 2.24) is 30.6 Å². The van der Waals surface area contributed by atoms with Crippen molar-refractivity contribution in [3.8, 4) is 11.6 Å². The van der Waals surface area contributed by atoms with Crippen LogP contribution in [0.25, 0.3) is 11.6 Å². The second-order valence-electron chi connectivity index (χ2n) is 5.06. The molecule has 0 bridgehead atoms. The van der Waals surface area contributed by atoms with Crippen LogP contribution in [0.2, 0.25) is 0 Å². The van der Waals surface area contributed by atoms with Crippen LogP contribution in [-0.2, 0) is 6.54 Å². The van der Waals surface area contributed by atoms with Gasteiger partial charge in [0.15, 0.2) is 5.82 Å². The summed E-state index contributed by atoms with van der Waals surface area (Å²) < 4.78 is 5.22. The van der Waals surface area contributed by atoms with Gasteiger partial charge in [-0.25, -0.2) is 4.98 Å². The predicted molar refractivity (Wildman–Crippen MR) is 82.0 cm³/mol. The van der Waals surface area contributed by atoms with Crippen molar-refractivity contribution in [1.29, 1.82) is 0 Å². The van der Waals surface area contributed by atoms with Gasteiger partial charge in [-0.2, -0.15) is 10.1 Å². The van der Waals surface area contributed by atoms with Crippen LogP contribution in [0.5, 0.6) is 0 Å². The Morgan fingerprint density at radius 2 is 2.13 bits per heavy atom. The van der Waals surface area contributed by atoms with Gasteiger partial charge in [-0.1, -0.05) is 35.5 Å². The van der Waals surface area contributed by atoms with E-state index in [2.05, 4.69) is 42.8 Å². The molecular formula is C15H18N6O2. The normalized spacial score (nSPS) is 12.4. The van der Waals surface area contributed by atoms with Gasteiger partial charge in [-0.05, 0) is 18.4 Å². The van der Waals surface area contributed by atoms with E-state index in [0.29, 0.717) is 24.1 Å². The molecule has 1 unspecified atom stereocenters. The number of aliphatic hydroxyl groups is 1. The van der Waals surface area contributed by atoms with Crippen molar-refractivity contribution < 1.29 is 9.63 Å². The fraction of sp³-hybridized carbons (Fsp3) is 0.333. The molecule has 120 valence electrons. The van der Waals surface area contributed by atoms with Gasteiger partial charge in [0, 0.05) is 12.6 Å². The summed E-state index contributed by atoms with van der Waals surface area (Å²) in [6.07, 6.45) is 2.94. The maximum absolute atomic E-state index is 9.07. The Morgan fingerprint density at radius 3 is 2.87 bits per heavy atom. The second-order valence-corrected chi connectivity index (χ2v) is 5.06. The average Bonchev–Trinajstić information content (AvgIpc) is 3.27. The Labute approximate surface area is 133 Å². The summed E-state index contributed by atoms with van der Waals surface area (Å²) in [5, 5.41) is 22.8. The Balaban J connectivity index is 1.64. The summed E-state index contributed by atoms with van der Waals surface area (Å²) in [6, 6.07) is 10.2.